The maximum atomic E-state index is 12.0. The molecule has 2 aromatic carbocycles. The average molecular weight is 453 g/mol. The van der Waals surface area contributed by atoms with Crippen LogP contribution in [0.15, 0.2) is 85.2 Å². The second-order valence-electron chi connectivity index (χ2n) is 7.89. The van der Waals surface area contributed by atoms with E-state index in [9.17, 15) is 4.79 Å². The molecule has 0 unspecified atom stereocenters. The normalized spacial score (nSPS) is 11.8. The Morgan fingerprint density at radius 2 is 1.82 bits per heavy atom. The van der Waals surface area contributed by atoms with E-state index < -0.39 is 0 Å². The van der Waals surface area contributed by atoms with E-state index in [1.807, 2.05) is 72.8 Å². The number of aromatic nitrogens is 2. The molecule has 0 atom stereocenters. The van der Waals surface area contributed by atoms with Gasteiger partial charge in [-0.3, -0.25) is 9.78 Å². The van der Waals surface area contributed by atoms with Crippen molar-refractivity contribution in [2.24, 2.45) is 0 Å². The molecule has 2 aromatic heterocycles. The van der Waals surface area contributed by atoms with Gasteiger partial charge in [-0.1, -0.05) is 42.5 Å². The van der Waals surface area contributed by atoms with Gasteiger partial charge in [0.1, 0.15) is 0 Å². The summed E-state index contributed by atoms with van der Waals surface area (Å²) in [7, 11) is 0. The lowest BCUT2D eigenvalue weighted by Gasteiger charge is -2.21. The summed E-state index contributed by atoms with van der Waals surface area (Å²) in [5.41, 5.74) is 4.62. The van der Waals surface area contributed by atoms with Crippen molar-refractivity contribution in [3.05, 3.63) is 96.3 Å². The maximum absolute atomic E-state index is 12.0. The molecule has 3 heterocycles. The largest absolute Gasteiger partial charge is 0.454 e. The van der Waals surface area contributed by atoms with Gasteiger partial charge in [0.2, 0.25) is 13.2 Å². The fraction of sp³-hybridized carbons (Fsp3) is 0.148. The third-order valence-electron chi connectivity index (χ3n) is 5.60. The van der Waals surface area contributed by atoms with Crippen molar-refractivity contribution in [3.8, 4) is 22.8 Å². The number of amides is 1. The first-order valence-electron chi connectivity index (χ1n) is 11.1. The topological polar surface area (TPSA) is 76.6 Å². The van der Waals surface area contributed by atoms with Gasteiger partial charge < -0.3 is 19.7 Å². The zero-order valence-electron chi connectivity index (χ0n) is 18.6. The van der Waals surface area contributed by atoms with Crippen molar-refractivity contribution in [1.29, 1.82) is 0 Å². The molecule has 0 saturated carbocycles. The van der Waals surface area contributed by atoms with Gasteiger partial charge in [-0.15, -0.1) is 0 Å². The number of hydrogen-bond donors (Lipinski definition) is 1. The molecule has 1 N–H and O–H groups in total. The van der Waals surface area contributed by atoms with Crippen LogP contribution >= 0.6 is 0 Å². The van der Waals surface area contributed by atoms with Crippen LogP contribution in [0.3, 0.4) is 0 Å². The molecule has 170 valence electrons. The highest BCUT2D eigenvalue weighted by molar-refractivity contribution is 5.83. The second kappa shape index (κ2) is 10.0. The lowest BCUT2D eigenvalue weighted by molar-refractivity contribution is -0.107. The molecule has 1 aliphatic rings. The molecule has 0 radical (unpaired) electrons. The standard InChI is InChI=1S/C27H24N4O3/c32-18-31(17-21-5-4-13-28-16-21)24-10-9-23(22-6-2-1-3-7-22)30-27(24)29-14-12-20-8-11-25-26(15-20)34-19-33-25/h1-11,13,15-16,18H,12,14,17,19H2,(H,29,30). The molecule has 5 rings (SSSR count). The summed E-state index contributed by atoms with van der Waals surface area (Å²) >= 11 is 0. The number of nitrogens with one attached hydrogen (secondary N) is 1. The molecule has 1 aliphatic heterocycles. The van der Waals surface area contributed by atoms with Gasteiger partial charge in [0.25, 0.3) is 0 Å². The monoisotopic (exact) mass is 452 g/mol. The van der Waals surface area contributed by atoms with Gasteiger partial charge in [-0.25, -0.2) is 4.98 Å². The molecule has 0 saturated heterocycles. The van der Waals surface area contributed by atoms with Crippen LogP contribution < -0.4 is 19.7 Å². The number of nitrogens with zero attached hydrogens (tertiary/aromatic N) is 3. The minimum atomic E-state index is 0.259. The molecule has 0 bridgehead atoms. The molecule has 0 fully saturated rings. The lowest BCUT2D eigenvalue weighted by atomic mass is 10.1. The highest BCUT2D eigenvalue weighted by Gasteiger charge is 2.16. The first-order valence-corrected chi connectivity index (χ1v) is 11.1. The summed E-state index contributed by atoms with van der Waals surface area (Å²) in [5, 5.41) is 3.44. The molecule has 4 aromatic rings. The van der Waals surface area contributed by atoms with Gasteiger partial charge in [-0.05, 0) is 47.9 Å². The Balaban J connectivity index is 1.39. The number of fused-ring (bicyclic) bond motifs is 1. The van der Waals surface area contributed by atoms with E-state index in [2.05, 4.69) is 10.3 Å². The fourth-order valence-electron chi connectivity index (χ4n) is 3.87. The zero-order valence-corrected chi connectivity index (χ0v) is 18.6. The van der Waals surface area contributed by atoms with Crippen molar-refractivity contribution >= 4 is 17.9 Å². The van der Waals surface area contributed by atoms with E-state index >= 15 is 0 Å². The van der Waals surface area contributed by atoms with Crippen LogP contribution in [0.4, 0.5) is 11.5 Å². The van der Waals surface area contributed by atoms with Crippen LogP contribution in [-0.2, 0) is 17.8 Å². The van der Waals surface area contributed by atoms with Gasteiger partial charge in [0.15, 0.2) is 17.3 Å². The number of benzene rings is 2. The average Bonchev–Trinajstić information content (AvgIpc) is 3.37. The fourth-order valence-corrected chi connectivity index (χ4v) is 3.87. The summed E-state index contributed by atoms with van der Waals surface area (Å²) in [5.74, 6) is 2.19. The third-order valence-corrected chi connectivity index (χ3v) is 5.60. The Morgan fingerprint density at radius 3 is 2.65 bits per heavy atom. The molecule has 34 heavy (non-hydrogen) atoms. The highest BCUT2D eigenvalue weighted by Crippen LogP contribution is 2.33. The summed E-state index contributed by atoms with van der Waals surface area (Å²) < 4.78 is 10.9. The second-order valence-corrected chi connectivity index (χ2v) is 7.89. The summed E-state index contributed by atoms with van der Waals surface area (Å²) in [6, 6.07) is 23.6. The number of rotatable bonds is 9. The van der Waals surface area contributed by atoms with E-state index in [-0.39, 0.29) is 6.79 Å². The molecular weight excluding hydrogens is 428 g/mol. The predicted molar refractivity (Wildman–Crippen MR) is 131 cm³/mol. The summed E-state index contributed by atoms with van der Waals surface area (Å²) in [6.45, 7) is 1.30. The molecule has 7 nitrogen and oxygen atoms in total. The Bertz CT molecular complexity index is 1270. The van der Waals surface area contributed by atoms with Crippen LogP contribution in [-0.4, -0.2) is 29.7 Å². The molecular formula is C27H24N4O3. The zero-order chi connectivity index (χ0) is 23.2. The van der Waals surface area contributed by atoms with E-state index in [1.165, 1.54) is 0 Å². The van der Waals surface area contributed by atoms with Crippen molar-refractivity contribution in [1.82, 2.24) is 9.97 Å². The number of pyridine rings is 2. The first kappa shape index (κ1) is 21.5. The van der Waals surface area contributed by atoms with E-state index in [4.69, 9.17) is 14.5 Å². The minimum Gasteiger partial charge on any atom is -0.454 e. The van der Waals surface area contributed by atoms with Gasteiger partial charge in [-0.2, -0.15) is 0 Å². The number of hydrogen-bond acceptors (Lipinski definition) is 6. The van der Waals surface area contributed by atoms with E-state index in [0.29, 0.717) is 24.6 Å². The lowest BCUT2D eigenvalue weighted by Crippen LogP contribution is -2.23. The van der Waals surface area contributed by atoms with Crippen molar-refractivity contribution in [2.45, 2.75) is 13.0 Å². The molecule has 0 aliphatic carbocycles. The SMILES string of the molecule is O=CN(Cc1cccnc1)c1ccc(-c2ccccc2)nc1NCCc1ccc2c(c1)OCO2. The number of carbonyl (C=O) groups excluding carboxylic acids is 1. The highest BCUT2D eigenvalue weighted by atomic mass is 16.7. The quantitative estimate of drug-likeness (QED) is 0.371. The van der Waals surface area contributed by atoms with Crippen molar-refractivity contribution < 1.29 is 14.3 Å². The van der Waals surface area contributed by atoms with Crippen molar-refractivity contribution in [2.75, 3.05) is 23.6 Å². The maximum Gasteiger partial charge on any atom is 0.231 e. The van der Waals surface area contributed by atoms with Crippen LogP contribution in [0.5, 0.6) is 11.5 Å². The predicted octanol–water partition coefficient (Wildman–Crippen LogP) is 4.69. The molecule has 1 amide bonds. The number of anilines is 2. The smallest absolute Gasteiger partial charge is 0.231 e. The minimum absolute atomic E-state index is 0.259. The van der Waals surface area contributed by atoms with Crippen LogP contribution in [0, 0.1) is 0 Å². The Morgan fingerprint density at radius 1 is 0.941 bits per heavy atom. The third kappa shape index (κ3) is 4.83. The van der Waals surface area contributed by atoms with Crippen LogP contribution in [0.2, 0.25) is 0 Å². The Kier molecular flexibility index (Phi) is 6.34. The Labute approximate surface area is 198 Å². The van der Waals surface area contributed by atoms with Gasteiger partial charge in [0.05, 0.1) is 17.9 Å². The summed E-state index contributed by atoms with van der Waals surface area (Å²) in [4.78, 5) is 22.7. The Hall–Kier alpha value is -4.39. The van der Waals surface area contributed by atoms with Crippen LogP contribution in [0.1, 0.15) is 11.1 Å². The van der Waals surface area contributed by atoms with Crippen molar-refractivity contribution in [3.63, 3.8) is 0 Å². The first-order chi connectivity index (χ1) is 16.8. The van der Waals surface area contributed by atoms with E-state index in [1.54, 1.807) is 17.3 Å². The van der Waals surface area contributed by atoms with E-state index in [0.717, 1.165) is 46.7 Å². The molecule has 7 heteroatoms. The van der Waals surface area contributed by atoms with Crippen LogP contribution in [0.25, 0.3) is 11.3 Å². The molecule has 0 spiro atoms. The summed E-state index contributed by atoms with van der Waals surface area (Å²) in [6.07, 6.45) is 5.06. The number of carbonyl (C=O) groups is 1. The number of ether oxygens (including phenoxy) is 2. The van der Waals surface area contributed by atoms with Gasteiger partial charge in [0, 0.05) is 24.5 Å². The van der Waals surface area contributed by atoms with Gasteiger partial charge >= 0.3 is 0 Å².